The first-order chi connectivity index (χ1) is 15.0. The van der Waals surface area contributed by atoms with Crippen molar-refractivity contribution in [2.24, 2.45) is 0 Å². The zero-order chi connectivity index (χ0) is 22.1. The molecule has 1 aliphatic heterocycles. The summed E-state index contributed by atoms with van der Waals surface area (Å²) < 4.78 is 10.6. The van der Waals surface area contributed by atoms with Gasteiger partial charge in [0.25, 0.3) is 0 Å². The number of rotatable bonds is 7. The summed E-state index contributed by atoms with van der Waals surface area (Å²) in [7, 11) is 0. The molecule has 0 aliphatic carbocycles. The second-order valence-electron chi connectivity index (χ2n) is 7.56. The number of aliphatic carboxylic acids is 1. The van der Waals surface area contributed by atoms with Gasteiger partial charge in [-0.3, -0.25) is 4.79 Å². The van der Waals surface area contributed by atoms with Crippen molar-refractivity contribution < 1.29 is 29.0 Å². The van der Waals surface area contributed by atoms with E-state index < -0.39 is 23.7 Å². The molecule has 1 heterocycles. The highest BCUT2D eigenvalue weighted by Crippen LogP contribution is 2.27. The van der Waals surface area contributed by atoms with Crippen molar-refractivity contribution in [3.05, 3.63) is 71.8 Å². The van der Waals surface area contributed by atoms with Crippen LogP contribution in [0.5, 0.6) is 0 Å². The van der Waals surface area contributed by atoms with Crippen molar-refractivity contribution in [1.29, 1.82) is 0 Å². The lowest BCUT2D eigenvalue weighted by atomic mass is 9.84. The zero-order valence-electron chi connectivity index (χ0n) is 17.2. The minimum Gasteiger partial charge on any atom is -0.481 e. The number of hydrogen-bond donors (Lipinski definition) is 2. The van der Waals surface area contributed by atoms with Crippen molar-refractivity contribution in [2.45, 2.75) is 38.0 Å². The van der Waals surface area contributed by atoms with E-state index in [1.54, 1.807) is 0 Å². The smallest absolute Gasteiger partial charge is 0.410 e. The summed E-state index contributed by atoms with van der Waals surface area (Å²) in [6.07, 6.45) is -0.801. The molecule has 31 heavy (non-hydrogen) atoms. The van der Waals surface area contributed by atoms with Crippen LogP contribution in [0.1, 0.15) is 30.4 Å². The number of carboxylic acids is 1. The molecule has 2 aromatic rings. The van der Waals surface area contributed by atoms with E-state index in [9.17, 15) is 19.5 Å². The van der Waals surface area contributed by atoms with Gasteiger partial charge in [-0.1, -0.05) is 60.7 Å². The van der Waals surface area contributed by atoms with Crippen molar-refractivity contribution >= 4 is 18.2 Å². The summed E-state index contributed by atoms with van der Waals surface area (Å²) in [5.41, 5.74) is 0.743. The largest absolute Gasteiger partial charge is 0.481 e. The number of ether oxygens (including phenoxy) is 2. The summed E-state index contributed by atoms with van der Waals surface area (Å²) in [6, 6.07) is 18.6. The predicted octanol–water partition coefficient (Wildman–Crippen LogP) is 3.56. The highest BCUT2D eigenvalue weighted by molar-refractivity contribution is 5.73. The Labute approximate surface area is 180 Å². The molecular weight excluding hydrogens is 400 g/mol. The number of piperidine rings is 1. The molecule has 164 valence electrons. The summed E-state index contributed by atoms with van der Waals surface area (Å²) >= 11 is 0. The Balaban J connectivity index is 1.52. The fraction of sp³-hybridized carbons (Fsp3) is 0.348. The van der Waals surface area contributed by atoms with Gasteiger partial charge in [0.05, 0.1) is 12.0 Å². The summed E-state index contributed by atoms with van der Waals surface area (Å²) in [6.45, 7) is 0.813. The van der Waals surface area contributed by atoms with E-state index in [1.807, 2.05) is 60.7 Å². The first-order valence-electron chi connectivity index (χ1n) is 10.1. The van der Waals surface area contributed by atoms with Crippen molar-refractivity contribution in [3.8, 4) is 0 Å². The van der Waals surface area contributed by atoms with E-state index in [2.05, 4.69) is 5.32 Å². The van der Waals surface area contributed by atoms with Crippen LogP contribution in [0.25, 0.3) is 0 Å². The second kappa shape index (κ2) is 10.5. The number of nitrogens with one attached hydrogen (secondary N) is 1. The van der Waals surface area contributed by atoms with Gasteiger partial charge < -0.3 is 24.8 Å². The number of carbonyl (C=O) groups is 3. The molecule has 0 radical (unpaired) electrons. The summed E-state index contributed by atoms with van der Waals surface area (Å²) in [5.74, 6) is -1.02. The van der Waals surface area contributed by atoms with E-state index in [4.69, 9.17) is 9.47 Å². The first kappa shape index (κ1) is 22.1. The molecule has 0 unspecified atom stereocenters. The van der Waals surface area contributed by atoms with Crippen LogP contribution < -0.4 is 5.32 Å². The molecule has 1 fully saturated rings. The fourth-order valence-corrected chi connectivity index (χ4v) is 3.54. The number of carbonyl (C=O) groups excluding carboxylic acids is 2. The Morgan fingerprint density at radius 3 is 1.90 bits per heavy atom. The normalized spacial score (nSPS) is 15.0. The lowest BCUT2D eigenvalue weighted by Crippen LogP contribution is -2.57. The van der Waals surface area contributed by atoms with E-state index in [0.717, 1.165) is 11.1 Å². The SMILES string of the molecule is O=C(O)CC1(NC(=O)OCc2ccccc2)CCN(C(=O)OCc2ccccc2)CC1. The third-order valence-corrected chi connectivity index (χ3v) is 5.25. The van der Waals surface area contributed by atoms with Crippen LogP contribution in [0.2, 0.25) is 0 Å². The van der Waals surface area contributed by atoms with E-state index in [1.165, 1.54) is 4.90 Å². The molecule has 8 nitrogen and oxygen atoms in total. The minimum atomic E-state index is -1.02. The van der Waals surface area contributed by atoms with Gasteiger partial charge in [0.2, 0.25) is 0 Å². The maximum atomic E-state index is 12.4. The Kier molecular flexibility index (Phi) is 7.48. The molecule has 3 rings (SSSR count). The third-order valence-electron chi connectivity index (χ3n) is 5.25. The van der Waals surface area contributed by atoms with Gasteiger partial charge in [0.15, 0.2) is 0 Å². The minimum absolute atomic E-state index is 0.0910. The third kappa shape index (κ3) is 6.74. The van der Waals surface area contributed by atoms with E-state index >= 15 is 0 Å². The number of carboxylic acid groups (broad SMARTS) is 1. The molecule has 0 saturated carbocycles. The predicted molar refractivity (Wildman–Crippen MR) is 112 cm³/mol. The van der Waals surface area contributed by atoms with Crippen LogP contribution in [-0.2, 0) is 27.5 Å². The summed E-state index contributed by atoms with van der Waals surface area (Å²) in [4.78, 5) is 37.6. The molecule has 1 aliphatic rings. The lowest BCUT2D eigenvalue weighted by Gasteiger charge is -2.40. The average molecular weight is 426 g/mol. The molecule has 2 amide bonds. The second-order valence-corrected chi connectivity index (χ2v) is 7.56. The van der Waals surface area contributed by atoms with Crippen molar-refractivity contribution in [2.75, 3.05) is 13.1 Å². The average Bonchev–Trinajstić information content (AvgIpc) is 2.77. The maximum absolute atomic E-state index is 12.4. The summed E-state index contributed by atoms with van der Waals surface area (Å²) in [5, 5.41) is 12.1. The van der Waals surface area contributed by atoms with Gasteiger partial charge in [-0.05, 0) is 24.0 Å². The topological polar surface area (TPSA) is 105 Å². The zero-order valence-corrected chi connectivity index (χ0v) is 17.2. The van der Waals surface area contributed by atoms with Crippen LogP contribution in [0.4, 0.5) is 9.59 Å². The Bertz CT molecular complexity index is 879. The highest BCUT2D eigenvalue weighted by Gasteiger charge is 2.40. The van der Waals surface area contributed by atoms with Gasteiger partial charge in [-0.2, -0.15) is 0 Å². The Hall–Kier alpha value is -3.55. The van der Waals surface area contributed by atoms with E-state index in [-0.39, 0.29) is 32.7 Å². The molecule has 2 aromatic carbocycles. The van der Waals surface area contributed by atoms with Crippen LogP contribution in [-0.4, -0.2) is 46.8 Å². The van der Waals surface area contributed by atoms with Gasteiger partial charge >= 0.3 is 18.2 Å². The number of amides is 2. The number of nitrogens with zero attached hydrogens (tertiary/aromatic N) is 1. The number of hydrogen-bond acceptors (Lipinski definition) is 5. The number of benzene rings is 2. The van der Waals surface area contributed by atoms with Crippen molar-refractivity contribution in [3.63, 3.8) is 0 Å². The molecule has 0 atom stereocenters. The quantitative estimate of drug-likeness (QED) is 0.701. The standard InChI is InChI=1S/C23H26N2O6/c26-20(27)15-23(24-21(28)30-16-18-7-3-1-4-8-18)11-13-25(14-12-23)22(29)31-17-19-9-5-2-6-10-19/h1-10H,11-17H2,(H,24,28)(H,26,27). The first-order valence-corrected chi connectivity index (χ1v) is 10.1. The molecule has 0 spiro atoms. The monoisotopic (exact) mass is 426 g/mol. The molecule has 1 saturated heterocycles. The lowest BCUT2D eigenvalue weighted by molar-refractivity contribution is -0.139. The van der Waals surface area contributed by atoms with Crippen LogP contribution in [0.15, 0.2) is 60.7 Å². The van der Waals surface area contributed by atoms with E-state index in [0.29, 0.717) is 12.8 Å². The van der Waals surface area contributed by atoms with Crippen LogP contribution in [0.3, 0.4) is 0 Å². The number of alkyl carbamates (subject to hydrolysis) is 1. The maximum Gasteiger partial charge on any atom is 0.410 e. The van der Waals surface area contributed by atoms with Gasteiger partial charge in [0, 0.05) is 13.1 Å². The number of likely N-dealkylation sites (tertiary alicyclic amines) is 1. The highest BCUT2D eigenvalue weighted by atomic mass is 16.6. The van der Waals surface area contributed by atoms with Gasteiger partial charge in [-0.15, -0.1) is 0 Å². The molecule has 2 N–H and O–H groups in total. The molecular formula is C23H26N2O6. The van der Waals surface area contributed by atoms with Crippen LogP contribution >= 0.6 is 0 Å². The van der Waals surface area contributed by atoms with Gasteiger partial charge in [-0.25, -0.2) is 9.59 Å². The van der Waals surface area contributed by atoms with Crippen LogP contribution in [0, 0.1) is 0 Å². The molecule has 0 aromatic heterocycles. The molecule has 0 bridgehead atoms. The van der Waals surface area contributed by atoms with Crippen molar-refractivity contribution in [1.82, 2.24) is 10.2 Å². The fourth-order valence-electron chi connectivity index (χ4n) is 3.54. The van der Waals surface area contributed by atoms with Gasteiger partial charge in [0.1, 0.15) is 13.2 Å². The Morgan fingerprint density at radius 2 is 1.39 bits per heavy atom. The Morgan fingerprint density at radius 1 is 0.871 bits per heavy atom. The molecule has 8 heteroatoms.